The molecule has 2 aliphatic rings. The van der Waals surface area contributed by atoms with E-state index in [9.17, 15) is 9.59 Å². The third-order valence-electron chi connectivity index (χ3n) is 5.60. The number of hydrogen-bond donors (Lipinski definition) is 0. The maximum absolute atomic E-state index is 12.9. The molecular formula is C19H25N3O2S2. The Balaban J connectivity index is 1.58. The third kappa shape index (κ3) is 3.20. The van der Waals surface area contributed by atoms with Crippen LogP contribution in [0.5, 0.6) is 0 Å². The number of amides is 1. The number of aryl methyl sites for hydroxylation is 2. The molecule has 0 aromatic carbocycles. The second-order valence-electron chi connectivity index (χ2n) is 7.37. The average Bonchev–Trinajstić information content (AvgIpc) is 3.02. The minimum absolute atomic E-state index is 0.0377. The molecule has 0 N–H and O–H groups in total. The summed E-state index contributed by atoms with van der Waals surface area (Å²) in [5.74, 6) is 0.503. The molecule has 1 amide bonds. The van der Waals surface area contributed by atoms with Crippen LogP contribution in [-0.4, -0.2) is 38.7 Å². The Hall–Kier alpha value is -1.34. The van der Waals surface area contributed by atoms with E-state index in [2.05, 4.69) is 6.92 Å². The maximum atomic E-state index is 12.9. The third-order valence-corrected chi connectivity index (χ3v) is 7.80. The molecule has 1 atom stereocenters. The first-order valence-corrected chi connectivity index (χ1v) is 11.3. The van der Waals surface area contributed by atoms with E-state index in [-0.39, 0.29) is 11.5 Å². The zero-order valence-electron chi connectivity index (χ0n) is 15.4. The van der Waals surface area contributed by atoms with Crippen molar-refractivity contribution in [1.82, 2.24) is 14.5 Å². The van der Waals surface area contributed by atoms with Crippen LogP contribution in [0.2, 0.25) is 0 Å². The minimum Gasteiger partial charge on any atom is -0.339 e. The highest BCUT2D eigenvalue weighted by Gasteiger charge is 2.25. The largest absolute Gasteiger partial charge is 0.339 e. The zero-order chi connectivity index (χ0) is 18.3. The van der Waals surface area contributed by atoms with Crippen molar-refractivity contribution in [3.63, 3.8) is 0 Å². The maximum Gasteiger partial charge on any atom is 0.262 e. The fourth-order valence-corrected chi connectivity index (χ4v) is 6.23. The first kappa shape index (κ1) is 18.0. The second-order valence-corrected chi connectivity index (χ2v) is 9.40. The number of aromatic nitrogens is 2. The van der Waals surface area contributed by atoms with Gasteiger partial charge in [0.25, 0.3) is 5.56 Å². The Morgan fingerprint density at radius 1 is 1.27 bits per heavy atom. The number of piperidine rings is 1. The molecular weight excluding hydrogens is 366 g/mol. The van der Waals surface area contributed by atoms with Crippen molar-refractivity contribution >= 4 is 39.2 Å². The van der Waals surface area contributed by atoms with Gasteiger partial charge in [0.05, 0.1) is 11.1 Å². The van der Waals surface area contributed by atoms with Gasteiger partial charge in [0, 0.05) is 24.5 Å². The fourth-order valence-electron chi connectivity index (χ4n) is 4.07. The van der Waals surface area contributed by atoms with E-state index in [0.29, 0.717) is 17.0 Å². The smallest absolute Gasteiger partial charge is 0.262 e. The second kappa shape index (κ2) is 7.35. The number of hydrogen-bond acceptors (Lipinski definition) is 5. The summed E-state index contributed by atoms with van der Waals surface area (Å²) in [4.78, 5) is 34.4. The van der Waals surface area contributed by atoms with Crippen LogP contribution < -0.4 is 5.56 Å². The summed E-state index contributed by atoms with van der Waals surface area (Å²) >= 11 is 3.06. The molecule has 2 aromatic heterocycles. The average molecular weight is 392 g/mol. The summed E-state index contributed by atoms with van der Waals surface area (Å²) < 4.78 is 1.63. The van der Waals surface area contributed by atoms with Gasteiger partial charge in [-0.2, -0.15) is 0 Å². The normalized spacial score (nSPS) is 20.4. The number of carbonyl (C=O) groups excluding carboxylic acids is 1. The molecule has 3 heterocycles. The lowest BCUT2D eigenvalue weighted by Gasteiger charge is -2.33. The van der Waals surface area contributed by atoms with Gasteiger partial charge in [-0.25, -0.2) is 4.98 Å². The Labute approximate surface area is 161 Å². The molecule has 1 fully saturated rings. The zero-order valence-corrected chi connectivity index (χ0v) is 17.0. The first-order valence-electron chi connectivity index (χ1n) is 9.50. The molecule has 0 radical (unpaired) electrons. The molecule has 0 unspecified atom stereocenters. The molecule has 0 saturated carbocycles. The lowest BCUT2D eigenvalue weighted by atomic mass is 9.97. The Morgan fingerprint density at radius 2 is 2.08 bits per heavy atom. The van der Waals surface area contributed by atoms with E-state index in [0.717, 1.165) is 48.9 Å². The van der Waals surface area contributed by atoms with E-state index >= 15 is 0 Å². The molecule has 1 aliphatic carbocycles. The molecule has 26 heavy (non-hydrogen) atoms. The van der Waals surface area contributed by atoms with E-state index in [1.807, 2.05) is 4.90 Å². The van der Waals surface area contributed by atoms with Crippen LogP contribution in [0, 0.1) is 0 Å². The highest BCUT2D eigenvalue weighted by molar-refractivity contribution is 7.99. The van der Waals surface area contributed by atoms with E-state index < -0.39 is 0 Å². The molecule has 2 aromatic rings. The van der Waals surface area contributed by atoms with Crippen LogP contribution >= 0.6 is 23.1 Å². The Morgan fingerprint density at radius 3 is 2.88 bits per heavy atom. The lowest BCUT2D eigenvalue weighted by molar-refractivity contribution is -0.131. The van der Waals surface area contributed by atoms with Crippen LogP contribution in [-0.2, 0) is 24.7 Å². The molecule has 1 aliphatic heterocycles. The quantitative estimate of drug-likeness (QED) is 0.595. The molecule has 0 spiro atoms. The predicted molar refractivity (Wildman–Crippen MR) is 107 cm³/mol. The Bertz CT molecular complexity index is 902. The van der Waals surface area contributed by atoms with Crippen molar-refractivity contribution in [3.05, 3.63) is 20.8 Å². The van der Waals surface area contributed by atoms with Crippen molar-refractivity contribution in [1.29, 1.82) is 0 Å². The number of rotatable bonds is 3. The van der Waals surface area contributed by atoms with Crippen molar-refractivity contribution < 1.29 is 4.79 Å². The lowest BCUT2D eigenvalue weighted by Crippen LogP contribution is -2.43. The van der Waals surface area contributed by atoms with Crippen LogP contribution in [0.1, 0.15) is 49.5 Å². The van der Waals surface area contributed by atoms with Gasteiger partial charge >= 0.3 is 0 Å². The number of thioether (sulfide) groups is 1. The monoisotopic (exact) mass is 391 g/mol. The summed E-state index contributed by atoms with van der Waals surface area (Å²) in [5.41, 5.74) is 1.26. The molecule has 0 bridgehead atoms. The first-order chi connectivity index (χ1) is 12.6. The molecule has 7 heteroatoms. The van der Waals surface area contributed by atoms with Crippen molar-refractivity contribution in [3.8, 4) is 0 Å². The van der Waals surface area contributed by atoms with Gasteiger partial charge in [-0.05, 0) is 57.4 Å². The van der Waals surface area contributed by atoms with E-state index in [4.69, 9.17) is 4.98 Å². The standard InChI is InChI=1S/C19H25N3O2S2/c1-12-7-5-6-10-22(12)15(23)11-25-19-20-17-16(18(24)21(19)2)13-8-3-4-9-14(13)26-17/h12H,3-11H2,1-2H3/t12-/m1/s1. The van der Waals surface area contributed by atoms with Crippen molar-refractivity contribution in [2.75, 3.05) is 12.3 Å². The number of thiophene rings is 1. The summed E-state index contributed by atoms with van der Waals surface area (Å²) in [5, 5.41) is 1.46. The highest BCUT2D eigenvalue weighted by atomic mass is 32.2. The van der Waals surface area contributed by atoms with E-state index in [1.54, 1.807) is 23.0 Å². The van der Waals surface area contributed by atoms with Gasteiger partial charge in [-0.1, -0.05) is 11.8 Å². The van der Waals surface area contributed by atoms with Crippen molar-refractivity contribution in [2.45, 2.75) is 63.1 Å². The summed E-state index contributed by atoms with van der Waals surface area (Å²) in [6.07, 6.45) is 7.78. The molecule has 5 nitrogen and oxygen atoms in total. The van der Waals surface area contributed by atoms with Gasteiger partial charge in [-0.15, -0.1) is 11.3 Å². The van der Waals surface area contributed by atoms with Gasteiger partial charge in [0.15, 0.2) is 5.16 Å². The molecule has 1 saturated heterocycles. The number of fused-ring (bicyclic) bond motifs is 3. The van der Waals surface area contributed by atoms with Gasteiger partial charge in [0.2, 0.25) is 5.91 Å². The van der Waals surface area contributed by atoms with Crippen molar-refractivity contribution in [2.24, 2.45) is 7.05 Å². The molecule has 140 valence electrons. The SMILES string of the molecule is C[C@@H]1CCCCN1C(=O)CSc1nc2sc3c(c2c(=O)n1C)CCCC3. The fraction of sp³-hybridized carbons (Fsp3) is 0.632. The van der Waals surface area contributed by atoms with Crippen LogP contribution in [0.4, 0.5) is 0 Å². The topological polar surface area (TPSA) is 55.2 Å². The molecule has 4 rings (SSSR count). The van der Waals surface area contributed by atoms with E-state index in [1.165, 1.54) is 35.0 Å². The number of nitrogens with zero attached hydrogens (tertiary/aromatic N) is 3. The Kier molecular flexibility index (Phi) is 5.10. The summed E-state index contributed by atoms with van der Waals surface area (Å²) in [7, 11) is 1.78. The minimum atomic E-state index is 0.0377. The van der Waals surface area contributed by atoms with Crippen LogP contribution in [0.15, 0.2) is 9.95 Å². The van der Waals surface area contributed by atoms with Gasteiger partial charge in [-0.3, -0.25) is 14.2 Å². The summed E-state index contributed by atoms with van der Waals surface area (Å²) in [6, 6.07) is 0.320. The number of likely N-dealkylation sites (tertiary alicyclic amines) is 1. The van der Waals surface area contributed by atoms with Crippen LogP contribution in [0.25, 0.3) is 10.2 Å². The summed E-state index contributed by atoms with van der Waals surface area (Å²) in [6.45, 7) is 2.97. The number of carbonyl (C=O) groups is 1. The predicted octanol–water partition coefficient (Wildman–Crippen LogP) is 3.37. The van der Waals surface area contributed by atoms with Gasteiger partial charge in [0.1, 0.15) is 4.83 Å². The van der Waals surface area contributed by atoms with Crippen LogP contribution in [0.3, 0.4) is 0 Å². The van der Waals surface area contributed by atoms with Gasteiger partial charge < -0.3 is 4.90 Å². The highest BCUT2D eigenvalue weighted by Crippen LogP contribution is 2.34.